The smallest absolute Gasteiger partial charge is 0.205 e. The van der Waals surface area contributed by atoms with E-state index in [0.717, 1.165) is 16.9 Å². The molecule has 16 heavy (non-hydrogen) atoms. The summed E-state index contributed by atoms with van der Waals surface area (Å²) in [6.45, 7) is 0. The zero-order chi connectivity index (χ0) is 10.8. The van der Waals surface area contributed by atoms with Crippen LogP contribution in [0.4, 0.5) is 0 Å². The standard InChI is InChI=1S/C11H8N4O/c1-2-5-9(11-12-14-15-13-11)8(4-1)10-6-3-7-16-10/h1-7H,(H,12,13,14,15). The van der Waals surface area contributed by atoms with Crippen LogP contribution in [0.5, 0.6) is 0 Å². The van der Waals surface area contributed by atoms with Crippen molar-refractivity contribution in [3.8, 4) is 22.7 Å². The molecule has 1 N–H and O–H groups in total. The molecule has 1 aromatic carbocycles. The Bertz CT molecular complexity index is 519. The number of tetrazole rings is 1. The molecule has 0 aliphatic heterocycles. The Morgan fingerprint density at radius 2 is 1.88 bits per heavy atom. The van der Waals surface area contributed by atoms with Gasteiger partial charge in [0.2, 0.25) is 5.82 Å². The molecule has 0 spiro atoms. The van der Waals surface area contributed by atoms with Crippen LogP contribution < -0.4 is 0 Å². The average Bonchev–Trinajstić information content (AvgIpc) is 3.03. The first-order chi connectivity index (χ1) is 7.95. The predicted molar refractivity (Wildman–Crippen MR) is 57.3 cm³/mol. The minimum absolute atomic E-state index is 0.562. The number of nitrogens with zero attached hydrogens (tertiary/aromatic N) is 3. The van der Waals surface area contributed by atoms with Gasteiger partial charge in [-0.15, -0.1) is 10.2 Å². The summed E-state index contributed by atoms with van der Waals surface area (Å²) < 4.78 is 5.37. The number of nitrogens with one attached hydrogen (secondary N) is 1. The van der Waals surface area contributed by atoms with Gasteiger partial charge in [0.25, 0.3) is 0 Å². The van der Waals surface area contributed by atoms with Gasteiger partial charge in [0.1, 0.15) is 5.76 Å². The number of benzene rings is 1. The third-order valence-electron chi connectivity index (χ3n) is 2.30. The summed E-state index contributed by atoms with van der Waals surface area (Å²) in [5.74, 6) is 1.35. The topological polar surface area (TPSA) is 67.6 Å². The van der Waals surface area contributed by atoms with E-state index in [1.165, 1.54) is 0 Å². The summed E-state index contributed by atoms with van der Waals surface area (Å²) >= 11 is 0. The molecule has 5 nitrogen and oxygen atoms in total. The predicted octanol–water partition coefficient (Wildman–Crippen LogP) is 2.13. The Balaban J connectivity index is 2.19. The fourth-order valence-corrected chi connectivity index (χ4v) is 1.60. The number of hydrogen-bond donors (Lipinski definition) is 1. The molecule has 3 aromatic rings. The quantitative estimate of drug-likeness (QED) is 0.706. The highest BCUT2D eigenvalue weighted by Gasteiger charge is 2.11. The Morgan fingerprint density at radius 1 is 1.00 bits per heavy atom. The maximum atomic E-state index is 5.37. The van der Waals surface area contributed by atoms with Crippen LogP contribution in [0, 0.1) is 0 Å². The van der Waals surface area contributed by atoms with E-state index in [4.69, 9.17) is 4.42 Å². The highest BCUT2D eigenvalue weighted by atomic mass is 16.3. The van der Waals surface area contributed by atoms with Crippen LogP contribution in [-0.4, -0.2) is 20.6 Å². The Hall–Kier alpha value is -2.43. The van der Waals surface area contributed by atoms with Gasteiger partial charge in [0.05, 0.1) is 6.26 Å². The fourth-order valence-electron chi connectivity index (χ4n) is 1.60. The maximum Gasteiger partial charge on any atom is 0.205 e. The molecule has 3 rings (SSSR count). The Morgan fingerprint density at radius 3 is 2.56 bits per heavy atom. The molecule has 0 radical (unpaired) electrons. The van der Waals surface area contributed by atoms with E-state index in [0.29, 0.717) is 5.82 Å². The molecule has 0 saturated carbocycles. The van der Waals surface area contributed by atoms with Crippen molar-refractivity contribution >= 4 is 0 Å². The van der Waals surface area contributed by atoms with Crippen molar-refractivity contribution in [3.63, 3.8) is 0 Å². The average molecular weight is 212 g/mol. The van der Waals surface area contributed by atoms with Gasteiger partial charge < -0.3 is 4.42 Å². The summed E-state index contributed by atoms with van der Waals surface area (Å²) in [5, 5.41) is 13.9. The molecular formula is C11H8N4O. The first-order valence-corrected chi connectivity index (χ1v) is 4.82. The number of hydrogen-bond acceptors (Lipinski definition) is 4. The van der Waals surface area contributed by atoms with Crippen LogP contribution in [0.25, 0.3) is 22.7 Å². The van der Waals surface area contributed by atoms with Gasteiger partial charge in [-0.3, -0.25) is 0 Å². The molecule has 0 aliphatic rings. The zero-order valence-corrected chi connectivity index (χ0v) is 8.29. The highest BCUT2D eigenvalue weighted by molar-refractivity contribution is 5.77. The van der Waals surface area contributed by atoms with E-state index in [2.05, 4.69) is 20.6 Å². The van der Waals surface area contributed by atoms with Gasteiger partial charge in [-0.1, -0.05) is 24.3 Å². The fraction of sp³-hybridized carbons (Fsp3) is 0. The van der Waals surface area contributed by atoms with Gasteiger partial charge in [0.15, 0.2) is 0 Å². The number of H-pyrrole nitrogens is 1. The van der Waals surface area contributed by atoms with Crippen molar-refractivity contribution in [2.75, 3.05) is 0 Å². The van der Waals surface area contributed by atoms with Crippen LogP contribution in [-0.2, 0) is 0 Å². The van der Waals surface area contributed by atoms with Crippen LogP contribution in [0.1, 0.15) is 0 Å². The second kappa shape index (κ2) is 3.62. The van der Waals surface area contributed by atoms with Crippen molar-refractivity contribution in [1.82, 2.24) is 20.6 Å². The van der Waals surface area contributed by atoms with Gasteiger partial charge in [-0.05, 0) is 17.3 Å². The van der Waals surface area contributed by atoms with E-state index in [-0.39, 0.29) is 0 Å². The molecule has 0 saturated heterocycles. The first kappa shape index (κ1) is 8.84. The lowest BCUT2D eigenvalue weighted by atomic mass is 10.1. The van der Waals surface area contributed by atoms with Crippen molar-refractivity contribution in [1.29, 1.82) is 0 Å². The van der Waals surface area contributed by atoms with E-state index >= 15 is 0 Å². The monoisotopic (exact) mass is 212 g/mol. The molecule has 0 unspecified atom stereocenters. The normalized spacial score (nSPS) is 10.5. The second-order valence-corrected chi connectivity index (χ2v) is 3.26. The van der Waals surface area contributed by atoms with Gasteiger partial charge in [-0.2, -0.15) is 5.21 Å². The summed E-state index contributed by atoms with van der Waals surface area (Å²) in [5.41, 5.74) is 1.85. The lowest BCUT2D eigenvalue weighted by Gasteiger charge is -2.02. The van der Waals surface area contributed by atoms with E-state index in [1.54, 1.807) is 6.26 Å². The summed E-state index contributed by atoms with van der Waals surface area (Å²) in [4.78, 5) is 0. The van der Waals surface area contributed by atoms with Gasteiger partial charge in [0, 0.05) is 11.1 Å². The minimum Gasteiger partial charge on any atom is -0.464 e. The second-order valence-electron chi connectivity index (χ2n) is 3.26. The molecule has 0 bridgehead atoms. The van der Waals surface area contributed by atoms with Crippen molar-refractivity contribution in [3.05, 3.63) is 42.7 Å². The largest absolute Gasteiger partial charge is 0.464 e. The molecule has 78 valence electrons. The SMILES string of the molecule is c1coc(-c2ccccc2-c2nn[nH]n2)c1. The van der Waals surface area contributed by atoms with E-state index < -0.39 is 0 Å². The Kier molecular flexibility index (Phi) is 2.00. The van der Waals surface area contributed by atoms with Gasteiger partial charge in [-0.25, -0.2) is 0 Å². The maximum absolute atomic E-state index is 5.37. The minimum atomic E-state index is 0.562. The van der Waals surface area contributed by atoms with Gasteiger partial charge >= 0.3 is 0 Å². The zero-order valence-electron chi connectivity index (χ0n) is 8.29. The van der Waals surface area contributed by atoms with E-state index in [1.807, 2.05) is 36.4 Å². The third-order valence-corrected chi connectivity index (χ3v) is 2.30. The summed E-state index contributed by atoms with van der Waals surface area (Å²) in [6, 6.07) is 11.5. The van der Waals surface area contributed by atoms with Crippen LogP contribution in [0.2, 0.25) is 0 Å². The molecule has 0 fully saturated rings. The van der Waals surface area contributed by atoms with Crippen molar-refractivity contribution < 1.29 is 4.42 Å². The molecule has 0 atom stereocenters. The molecular weight excluding hydrogens is 204 g/mol. The third kappa shape index (κ3) is 1.38. The molecule has 0 amide bonds. The highest BCUT2D eigenvalue weighted by Crippen LogP contribution is 2.29. The number of furan rings is 1. The number of aromatic amines is 1. The van der Waals surface area contributed by atoms with E-state index in [9.17, 15) is 0 Å². The first-order valence-electron chi connectivity index (χ1n) is 4.82. The molecule has 2 heterocycles. The number of aromatic nitrogens is 4. The lowest BCUT2D eigenvalue weighted by molar-refractivity contribution is 0.582. The van der Waals surface area contributed by atoms with Crippen molar-refractivity contribution in [2.24, 2.45) is 0 Å². The molecule has 0 aliphatic carbocycles. The molecule has 5 heteroatoms. The summed E-state index contributed by atoms with van der Waals surface area (Å²) in [6.07, 6.45) is 1.64. The number of rotatable bonds is 2. The lowest BCUT2D eigenvalue weighted by Crippen LogP contribution is -1.85. The van der Waals surface area contributed by atoms with Crippen LogP contribution in [0.15, 0.2) is 47.1 Å². The van der Waals surface area contributed by atoms with Crippen LogP contribution in [0.3, 0.4) is 0 Å². The Labute approximate surface area is 91.1 Å². The molecule has 2 aromatic heterocycles. The van der Waals surface area contributed by atoms with Crippen LogP contribution >= 0.6 is 0 Å². The summed E-state index contributed by atoms with van der Waals surface area (Å²) in [7, 11) is 0. The van der Waals surface area contributed by atoms with Crippen molar-refractivity contribution in [2.45, 2.75) is 0 Å².